The number of piperazine rings is 1. The summed E-state index contributed by atoms with van der Waals surface area (Å²) in [6.07, 6.45) is 2.02. The van der Waals surface area contributed by atoms with E-state index in [1.807, 2.05) is 32.0 Å². The monoisotopic (exact) mass is 312 g/mol. The van der Waals surface area contributed by atoms with Gasteiger partial charge in [-0.1, -0.05) is 38.4 Å². The van der Waals surface area contributed by atoms with Crippen molar-refractivity contribution < 1.29 is 4.74 Å². The summed E-state index contributed by atoms with van der Waals surface area (Å²) in [5, 5.41) is 4.17. The van der Waals surface area contributed by atoms with Gasteiger partial charge < -0.3 is 15.0 Å². The highest BCUT2D eigenvalue weighted by Gasteiger charge is 2.08. The van der Waals surface area contributed by atoms with E-state index in [9.17, 15) is 0 Å². The number of benzene rings is 1. The van der Waals surface area contributed by atoms with E-state index in [-0.39, 0.29) is 0 Å². The van der Waals surface area contributed by atoms with Crippen molar-refractivity contribution >= 4 is 11.6 Å². The van der Waals surface area contributed by atoms with Crippen molar-refractivity contribution in [3.8, 4) is 5.75 Å². The molecule has 1 aliphatic rings. The van der Waals surface area contributed by atoms with Crippen LogP contribution in [0.3, 0.4) is 0 Å². The molecular formula is C17H29ClN2O. The Hall–Kier alpha value is -0.770. The third kappa shape index (κ3) is 6.68. The Balaban J connectivity index is 0.00000106. The lowest BCUT2D eigenvalue weighted by molar-refractivity contribution is 0.214. The number of aryl methyl sites for hydroxylation is 1. The Kier molecular flexibility index (Phi) is 9.48. The Morgan fingerprint density at radius 3 is 2.57 bits per heavy atom. The van der Waals surface area contributed by atoms with Gasteiger partial charge in [-0.3, -0.25) is 0 Å². The van der Waals surface area contributed by atoms with Gasteiger partial charge in [-0.2, -0.15) is 0 Å². The van der Waals surface area contributed by atoms with E-state index in [1.54, 1.807) is 0 Å². The van der Waals surface area contributed by atoms with Crippen LogP contribution in [-0.4, -0.2) is 44.2 Å². The van der Waals surface area contributed by atoms with Crippen molar-refractivity contribution in [3.05, 3.63) is 28.8 Å². The van der Waals surface area contributed by atoms with Crippen molar-refractivity contribution in [2.75, 3.05) is 39.3 Å². The molecule has 1 fully saturated rings. The second-order valence-corrected chi connectivity index (χ2v) is 5.31. The number of rotatable bonds is 6. The SMILES string of the molecule is CC.CCc1ccc(OCCCN2CCNCC2)cc1Cl. The lowest BCUT2D eigenvalue weighted by Crippen LogP contribution is -2.43. The van der Waals surface area contributed by atoms with E-state index in [4.69, 9.17) is 16.3 Å². The number of hydrogen-bond acceptors (Lipinski definition) is 3. The number of halogens is 1. The summed E-state index contributed by atoms with van der Waals surface area (Å²) >= 11 is 6.17. The van der Waals surface area contributed by atoms with Crippen LogP contribution in [0.4, 0.5) is 0 Å². The molecule has 0 unspecified atom stereocenters. The van der Waals surface area contributed by atoms with Gasteiger partial charge in [0.05, 0.1) is 6.61 Å². The fraction of sp³-hybridized carbons (Fsp3) is 0.647. The average molecular weight is 313 g/mol. The highest BCUT2D eigenvalue weighted by molar-refractivity contribution is 6.31. The summed E-state index contributed by atoms with van der Waals surface area (Å²) < 4.78 is 5.75. The van der Waals surface area contributed by atoms with Crippen LogP contribution in [0.25, 0.3) is 0 Å². The molecule has 0 radical (unpaired) electrons. The highest BCUT2D eigenvalue weighted by atomic mass is 35.5. The lowest BCUT2D eigenvalue weighted by Gasteiger charge is -2.26. The number of ether oxygens (including phenoxy) is 1. The first-order valence-corrected chi connectivity index (χ1v) is 8.51. The summed E-state index contributed by atoms with van der Waals surface area (Å²) in [4.78, 5) is 2.48. The van der Waals surface area contributed by atoms with Crippen molar-refractivity contribution in [1.29, 1.82) is 0 Å². The second kappa shape index (κ2) is 10.9. The molecule has 3 nitrogen and oxygen atoms in total. The van der Waals surface area contributed by atoms with Gasteiger partial charge in [0.2, 0.25) is 0 Å². The maximum atomic E-state index is 6.17. The summed E-state index contributed by atoms with van der Waals surface area (Å²) in [7, 11) is 0. The third-order valence-corrected chi connectivity index (χ3v) is 3.85. The van der Waals surface area contributed by atoms with Crippen LogP contribution in [-0.2, 0) is 6.42 Å². The fourth-order valence-corrected chi connectivity index (χ4v) is 2.62. The highest BCUT2D eigenvalue weighted by Crippen LogP contribution is 2.22. The zero-order valence-electron chi connectivity index (χ0n) is 13.6. The first-order valence-electron chi connectivity index (χ1n) is 8.14. The first-order chi connectivity index (χ1) is 10.3. The first kappa shape index (κ1) is 18.3. The molecule has 0 aliphatic carbocycles. The predicted octanol–water partition coefficient (Wildman–Crippen LogP) is 3.60. The van der Waals surface area contributed by atoms with E-state index >= 15 is 0 Å². The lowest BCUT2D eigenvalue weighted by atomic mass is 10.2. The van der Waals surface area contributed by atoms with E-state index in [1.165, 1.54) is 5.56 Å². The molecule has 1 aliphatic heterocycles. The molecule has 1 N–H and O–H groups in total. The van der Waals surface area contributed by atoms with E-state index < -0.39 is 0 Å². The molecule has 2 rings (SSSR count). The minimum atomic E-state index is 0.756. The van der Waals surface area contributed by atoms with E-state index in [0.29, 0.717) is 0 Å². The molecular weight excluding hydrogens is 284 g/mol. The summed E-state index contributed by atoms with van der Waals surface area (Å²) in [5.74, 6) is 0.877. The third-order valence-electron chi connectivity index (χ3n) is 3.50. The van der Waals surface area contributed by atoms with Crippen molar-refractivity contribution in [3.63, 3.8) is 0 Å². The molecule has 0 saturated carbocycles. The summed E-state index contributed by atoms with van der Waals surface area (Å²) in [5.41, 5.74) is 1.18. The molecule has 0 aromatic heterocycles. The largest absolute Gasteiger partial charge is 0.493 e. The molecule has 4 heteroatoms. The molecule has 0 atom stereocenters. The van der Waals surface area contributed by atoms with Crippen LogP contribution in [0.1, 0.15) is 32.8 Å². The molecule has 0 amide bonds. The average Bonchev–Trinajstić information content (AvgIpc) is 2.55. The molecule has 21 heavy (non-hydrogen) atoms. The molecule has 1 aromatic carbocycles. The van der Waals surface area contributed by atoms with Crippen LogP contribution in [0.2, 0.25) is 5.02 Å². The smallest absolute Gasteiger partial charge is 0.120 e. The Bertz CT molecular complexity index is 392. The maximum Gasteiger partial charge on any atom is 0.120 e. The fourth-order valence-electron chi connectivity index (χ4n) is 2.32. The molecule has 1 heterocycles. The van der Waals surface area contributed by atoms with Gasteiger partial charge in [0.15, 0.2) is 0 Å². The minimum absolute atomic E-state index is 0.756. The van der Waals surface area contributed by atoms with E-state index in [0.717, 1.165) is 62.9 Å². The van der Waals surface area contributed by atoms with Crippen LogP contribution in [0.15, 0.2) is 18.2 Å². The number of nitrogens with zero attached hydrogens (tertiary/aromatic N) is 1. The van der Waals surface area contributed by atoms with Crippen LogP contribution >= 0.6 is 11.6 Å². The van der Waals surface area contributed by atoms with Crippen molar-refractivity contribution in [2.24, 2.45) is 0 Å². The van der Waals surface area contributed by atoms with Gasteiger partial charge in [-0.15, -0.1) is 0 Å². The van der Waals surface area contributed by atoms with Crippen molar-refractivity contribution in [1.82, 2.24) is 10.2 Å². The summed E-state index contributed by atoms with van der Waals surface area (Å²) in [6, 6.07) is 5.98. The second-order valence-electron chi connectivity index (χ2n) is 4.90. The van der Waals surface area contributed by atoms with Gasteiger partial charge in [0.25, 0.3) is 0 Å². The Morgan fingerprint density at radius 2 is 1.95 bits per heavy atom. The zero-order valence-corrected chi connectivity index (χ0v) is 14.4. The molecule has 120 valence electrons. The Morgan fingerprint density at radius 1 is 1.24 bits per heavy atom. The van der Waals surface area contributed by atoms with Gasteiger partial charge in [0, 0.05) is 37.7 Å². The number of hydrogen-bond donors (Lipinski definition) is 1. The zero-order chi connectivity index (χ0) is 15.5. The van der Waals surface area contributed by atoms with Gasteiger partial charge >= 0.3 is 0 Å². The van der Waals surface area contributed by atoms with E-state index in [2.05, 4.69) is 17.1 Å². The van der Waals surface area contributed by atoms with Crippen LogP contribution in [0, 0.1) is 0 Å². The predicted molar refractivity (Wildman–Crippen MR) is 91.6 cm³/mol. The standard InChI is InChI=1S/C15H23ClN2O.C2H6/c1-2-13-4-5-14(12-15(13)16)19-11-3-8-18-9-6-17-7-10-18;1-2/h4-5,12,17H,2-3,6-11H2,1H3;1-2H3. The quantitative estimate of drug-likeness (QED) is 0.812. The number of nitrogens with one attached hydrogen (secondary N) is 1. The van der Waals surface area contributed by atoms with Gasteiger partial charge in [-0.05, 0) is 30.5 Å². The van der Waals surface area contributed by atoms with Gasteiger partial charge in [-0.25, -0.2) is 0 Å². The topological polar surface area (TPSA) is 24.5 Å². The Labute approximate surface area is 134 Å². The molecule has 0 bridgehead atoms. The van der Waals surface area contributed by atoms with Crippen molar-refractivity contribution in [2.45, 2.75) is 33.6 Å². The van der Waals surface area contributed by atoms with Gasteiger partial charge in [0.1, 0.15) is 5.75 Å². The minimum Gasteiger partial charge on any atom is -0.493 e. The van der Waals surface area contributed by atoms with Crippen LogP contribution < -0.4 is 10.1 Å². The summed E-state index contributed by atoms with van der Waals surface area (Å²) in [6.45, 7) is 12.5. The molecule has 1 aromatic rings. The molecule has 1 saturated heterocycles. The normalized spacial score (nSPS) is 15.2. The molecule has 0 spiro atoms. The maximum absolute atomic E-state index is 6.17. The van der Waals surface area contributed by atoms with Crippen LogP contribution in [0.5, 0.6) is 5.75 Å².